The van der Waals surface area contributed by atoms with Crippen LogP contribution in [0.4, 0.5) is 8.78 Å². The van der Waals surface area contributed by atoms with Crippen LogP contribution in [0.15, 0.2) is 6.33 Å². The minimum absolute atomic E-state index is 0.0549. The predicted octanol–water partition coefficient (Wildman–Crippen LogP) is 3.14. The molecule has 0 spiro atoms. The molecule has 0 unspecified atom stereocenters. The van der Waals surface area contributed by atoms with Gasteiger partial charge in [-0.2, -0.15) is 4.98 Å². The number of hydrogen-bond acceptors (Lipinski definition) is 5. The van der Waals surface area contributed by atoms with Crippen LogP contribution in [0.5, 0.6) is 5.88 Å². The smallest absolute Gasteiger partial charge is 0.245 e. The van der Waals surface area contributed by atoms with Gasteiger partial charge in [-0.1, -0.05) is 35.4 Å². The molecule has 1 fully saturated rings. The number of fused-ring (bicyclic) bond motifs is 1. The summed E-state index contributed by atoms with van der Waals surface area (Å²) in [5.74, 6) is -0.572. The van der Waals surface area contributed by atoms with Gasteiger partial charge in [0.05, 0.1) is 23.3 Å². The van der Waals surface area contributed by atoms with E-state index in [4.69, 9.17) is 15.9 Å². The molecule has 0 aromatic carbocycles. The Bertz CT molecular complexity index is 855. The second kappa shape index (κ2) is 6.32. The van der Waals surface area contributed by atoms with E-state index < -0.39 is 23.7 Å². The van der Waals surface area contributed by atoms with Crippen molar-refractivity contribution in [1.29, 1.82) is 0 Å². The highest BCUT2D eigenvalue weighted by atomic mass is 127. The zero-order valence-corrected chi connectivity index (χ0v) is 16.1. The lowest BCUT2D eigenvalue weighted by Gasteiger charge is -2.24. The van der Waals surface area contributed by atoms with Crippen LogP contribution < -0.4 is 4.74 Å². The number of hydrogen-bond donors (Lipinski definition) is 0. The maximum Gasteiger partial charge on any atom is 0.245 e. The van der Waals surface area contributed by atoms with Crippen LogP contribution in [0.2, 0.25) is 0 Å². The Hall–Kier alpha value is -1.54. The number of aryl methyl sites for hydroxylation is 1. The lowest BCUT2D eigenvalue weighted by molar-refractivity contribution is -0.152. The molecule has 0 saturated carbocycles. The van der Waals surface area contributed by atoms with Gasteiger partial charge in [-0.3, -0.25) is 4.57 Å². The molecule has 134 valence electrons. The standard InChI is InChI=1S/C16H17F2IN4O2/c1-5-15(17)9(3)16(18,7-19)25-14(15)23-8-20-11-12(23)21-10(4)22-13(11)24-6-2/h1,8-9,14H,6-7H2,2-4H3/t9-,14+,15+,16+/m0/s1. The van der Waals surface area contributed by atoms with Crippen molar-refractivity contribution in [2.75, 3.05) is 11.0 Å². The molecule has 4 atom stereocenters. The summed E-state index contributed by atoms with van der Waals surface area (Å²) >= 11 is 1.82. The fraction of sp³-hybridized carbons (Fsp3) is 0.562. The summed E-state index contributed by atoms with van der Waals surface area (Å²) < 4.78 is 42.6. The highest BCUT2D eigenvalue weighted by Gasteiger charge is 2.64. The van der Waals surface area contributed by atoms with Gasteiger partial charge in [0, 0.05) is 0 Å². The molecule has 9 heteroatoms. The topological polar surface area (TPSA) is 62.1 Å². The Morgan fingerprint density at radius 3 is 2.80 bits per heavy atom. The average molecular weight is 462 g/mol. The first-order valence-electron chi connectivity index (χ1n) is 7.74. The Kier molecular flexibility index (Phi) is 4.61. The molecule has 0 N–H and O–H groups in total. The molecule has 0 amide bonds. The van der Waals surface area contributed by atoms with Gasteiger partial charge in [0.15, 0.2) is 17.4 Å². The number of rotatable bonds is 4. The summed E-state index contributed by atoms with van der Waals surface area (Å²) in [5, 5.41) is 0. The van der Waals surface area contributed by atoms with Crippen LogP contribution in [0, 0.1) is 25.2 Å². The maximum absolute atomic E-state index is 15.5. The van der Waals surface area contributed by atoms with E-state index in [2.05, 4.69) is 20.9 Å². The van der Waals surface area contributed by atoms with Gasteiger partial charge in [0.1, 0.15) is 5.82 Å². The highest BCUT2D eigenvalue weighted by Crippen LogP contribution is 2.52. The Labute approximate surface area is 157 Å². The average Bonchev–Trinajstić information content (AvgIpc) is 3.09. The van der Waals surface area contributed by atoms with Gasteiger partial charge < -0.3 is 9.47 Å². The van der Waals surface area contributed by atoms with E-state index in [0.717, 1.165) is 0 Å². The van der Waals surface area contributed by atoms with Crippen molar-refractivity contribution >= 4 is 33.8 Å². The lowest BCUT2D eigenvalue weighted by Crippen LogP contribution is -2.39. The van der Waals surface area contributed by atoms with Crippen molar-refractivity contribution in [2.45, 2.75) is 38.5 Å². The normalized spacial score (nSPS) is 32.0. The number of nitrogens with zero attached hydrogens (tertiary/aromatic N) is 4. The van der Waals surface area contributed by atoms with Crippen molar-refractivity contribution in [3.63, 3.8) is 0 Å². The van der Waals surface area contributed by atoms with Gasteiger partial charge >= 0.3 is 0 Å². The van der Waals surface area contributed by atoms with Gasteiger partial charge in [-0.05, 0) is 13.8 Å². The fourth-order valence-electron chi connectivity index (χ4n) is 2.91. The first-order chi connectivity index (χ1) is 11.8. The van der Waals surface area contributed by atoms with Gasteiger partial charge in [0.2, 0.25) is 17.4 Å². The van der Waals surface area contributed by atoms with Crippen molar-refractivity contribution in [2.24, 2.45) is 5.92 Å². The summed E-state index contributed by atoms with van der Waals surface area (Å²) in [6.45, 7) is 5.27. The monoisotopic (exact) mass is 462 g/mol. The van der Waals surface area contributed by atoms with Crippen LogP contribution in [0.25, 0.3) is 11.2 Å². The van der Waals surface area contributed by atoms with E-state index in [1.165, 1.54) is 17.8 Å². The molecule has 0 bridgehead atoms. The molecule has 3 heterocycles. The maximum atomic E-state index is 15.5. The Morgan fingerprint density at radius 2 is 2.20 bits per heavy atom. The predicted molar refractivity (Wildman–Crippen MR) is 95.9 cm³/mol. The van der Waals surface area contributed by atoms with Gasteiger partial charge in [-0.15, -0.1) is 6.42 Å². The molecule has 2 aromatic rings. The Balaban J connectivity index is 2.18. The van der Waals surface area contributed by atoms with E-state index in [9.17, 15) is 4.39 Å². The molecule has 25 heavy (non-hydrogen) atoms. The van der Waals surface area contributed by atoms with E-state index >= 15 is 4.39 Å². The number of ether oxygens (including phenoxy) is 2. The first-order valence-corrected chi connectivity index (χ1v) is 9.26. The molecule has 0 aliphatic carbocycles. The molecule has 1 aliphatic heterocycles. The Morgan fingerprint density at radius 1 is 1.48 bits per heavy atom. The zero-order chi connectivity index (χ0) is 18.4. The van der Waals surface area contributed by atoms with Crippen LogP contribution in [0.3, 0.4) is 0 Å². The van der Waals surface area contributed by atoms with Crippen LogP contribution in [-0.4, -0.2) is 42.1 Å². The molecular weight excluding hydrogens is 445 g/mol. The number of halogens is 3. The third-order valence-corrected chi connectivity index (χ3v) is 5.42. The zero-order valence-electron chi connectivity index (χ0n) is 14.0. The van der Waals surface area contributed by atoms with E-state index in [0.29, 0.717) is 17.9 Å². The second-order valence-corrected chi connectivity index (χ2v) is 6.62. The van der Waals surface area contributed by atoms with Crippen LogP contribution in [0.1, 0.15) is 25.9 Å². The van der Waals surface area contributed by atoms with Crippen molar-refractivity contribution in [3.05, 3.63) is 12.2 Å². The van der Waals surface area contributed by atoms with Crippen LogP contribution in [-0.2, 0) is 4.74 Å². The van der Waals surface area contributed by atoms with E-state index in [-0.39, 0.29) is 16.0 Å². The number of alkyl halides is 3. The second-order valence-electron chi connectivity index (χ2n) is 5.86. The molecule has 3 rings (SSSR count). The van der Waals surface area contributed by atoms with Crippen molar-refractivity contribution in [1.82, 2.24) is 19.5 Å². The fourth-order valence-corrected chi connectivity index (χ4v) is 3.75. The highest BCUT2D eigenvalue weighted by molar-refractivity contribution is 14.1. The van der Waals surface area contributed by atoms with Gasteiger partial charge in [-0.25, -0.2) is 18.7 Å². The number of terminal acetylenes is 1. The third kappa shape index (κ3) is 2.66. The minimum atomic E-state index is -2.35. The minimum Gasteiger partial charge on any atom is -0.476 e. The summed E-state index contributed by atoms with van der Waals surface area (Å²) in [7, 11) is 0. The largest absolute Gasteiger partial charge is 0.476 e. The van der Waals surface area contributed by atoms with Crippen molar-refractivity contribution < 1.29 is 18.3 Å². The van der Waals surface area contributed by atoms with Crippen molar-refractivity contribution in [3.8, 4) is 18.2 Å². The molecule has 6 nitrogen and oxygen atoms in total. The SMILES string of the molecule is C#C[C@]1(F)[C@H](n2cnc3c(OCC)nc(C)nc32)O[C@](F)(CI)[C@H]1C. The molecule has 0 radical (unpaired) electrons. The quantitative estimate of drug-likeness (QED) is 0.397. The number of aromatic nitrogens is 4. The molecule has 1 saturated heterocycles. The summed E-state index contributed by atoms with van der Waals surface area (Å²) in [4.78, 5) is 12.7. The number of imidazole rings is 1. The van der Waals surface area contributed by atoms with Crippen LogP contribution >= 0.6 is 22.6 Å². The summed E-state index contributed by atoms with van der Waals surface area (Å²) in [6, 6.07) is 0. The van der Waals surface area contributed by atoms with E-state index in [1.807, 2.05) is 29.5 Å². The first kappa shape index (κ1) is 18.3. The van der Waals surface area contributed by atoms with E-state index in [1.54, 1.807) is 6.92 Å². The molecule has 1 aliphatic rings. The third-order valence-electron chi connectivity index (χ3n) is 4.38. The summed E-state index contributed by atoms with van der Waals surface area (Å²) in [5.41, 5.74) is -1.73. The lowest BCUT2D eigenvalue weighted by atomic mass is 9.88. The molecular formula is C16H17F2IN4O2. The molecule has 2 aromatic heterocycles. The van der Waals surface area contributed by atoms with Gasteiger partial charge in [0.25, 0.3) is 0 Å². The summed E-state index contributed by atoms with van der Waals surface area (Å²) in [6.07, 6.45) is 5.35.